The SMILES string of the molecule is C=CCC(NC(=O)OCC1c2ccccc2-c2ccccc21)C(=O)Nc1cnn(CC(=O)O)c1. The summed E-state index contributed by atoms with van der Waals surface area (Å²) in [6, 6.07) is 15.1. The van der Waals surface area contributed by atoms with Crippen molar-refractivity contribution in [3.63, 3.8) is 0 Å². The molecule has 1 unspecified atom stereocenters. The standard InChI is InChI=1S/C25H24N4O5/c1-2-7-22(24(32)27-16-12-26-29(13-16)14-23(30)31)28-25(33)34-15-21-19-10-5-3-8-17(19)18-9-4-6-11-20(18)21/h2-6,8-13,21-22H,1,7,14-15H2,(H,27,32)(H,28,33)(H,30,31). The largest absolute Gasteiger partial charge is 0.480 e. The van der Waals surface area contributed by atoms with Gasteiger partial charge in [-0.15, -0.1) is 6.58 Å². The number of carbonyl (C=O) groups is 3. The van der Waals surface area contributed by atoms with Gasteiger partial charge in [-0.2, -0.15) is 5.10 Å². The van der Waals surface area contributed by atoms with E-state index in [1.165, 1.54) is 23.2 Å². The highest BCUT2D eigenvalue weighted by atomic mass is 16.5. The number of hydrogen-bond acceptors (Lipinski definition) is 5. The van der Waals surface area contributed by atoms with Crippen molar-refractivity contribution in [3.05, 3.63) is 84.7 Å². The summed E-state index contributed by atoms with van der Waals surface area (Å²) in [4.78, 5) is 36.0. The number of benzene rings is 2. The van der Waals surface area contributed by atoms with Gasteiger partial charge in [0.25, 0.3) is 0 Å². The van der Waals surface area contributed by atoms with Crippen molar-refractivity contribution in [2.75, 3.05) is 11.9 Å². The van der Waals surface area contributed by atoms with Crippen LogP contribution in [0.1, 0.15) is 23.5 Å². The first-order chi connectivity index (χ1) is 16.5. The third-order valence-corrected chi connectivity index (χ3v) is 5.55. The van der Waals surface area contributed by atoms with E-state index >= 15 is 0 Å². The number of alkyl carbamates (subject to hydrolysis) is 1. The molecule has 0 saturated heterocycles. The van der Waals surface area contributed by atoms with Crippen LogP contribution in [0.5, 0.6) is 0 Å². The summed E-state index contributed by atoms with van der Waals surface area (Å²) in [5.41, 5.74) is 4.75. The van der Waals surface area contributed by atoms with E-state index in [1.807, 2.05) is 36.4 Å². The Bertz CT molecular complexity index is 1190. The first-order valence-corrected chi connectivity index (χ1v) is 10.7. The van der Waals surface area contributed by atoms with E-state index in [1.54, 1.807) is 0 Å². The highest BCUT2D eigenvalue weighted by Gasteiger charge is 2.29. The van der Waals surface area contributed by atoms with Gasteiger partial charge in [-0.25, -0.2) is 4.79 Å². The van der Waals surface area contributed by atoms with E-state index in [4.69, 9.17) is 9.84 Å². The van der Waals surface area contributed by atoms with E-state index in [2.05, 4.69) is 34.4 Å². The maximum Gasteiger partial charge on any atom is 0.407 e. The van der Waals surface area contributed by atoms with Crippen LogP contribution in [0.15, 0.2) is 73.6 Å². The summed E-state index contributed by atoms with van der Waals surface area (Å²) in [5, 5.41) is 17.9. The van der Waals surface area contributed by atoms with E-state index in [0.29, 0.717) is 5.69 Å². The Hall–Kier alpha value is -4.40. The molecule has 0 saturated carbocycles. The molecule has 0 aliphatic heterocycles. The number of fused-ring (bicyclic) bond motifs is 3. The van der Waals surface area contributed by atoms with Crippen LogP contribution in [0.25, 0.3) is 11.1 Å². The number of carboxylic acids is 1. The smallest absolute Gasteiger partial charge is 0.407 e. The highest BCUT2D eigenvalue weighted by Crippen LogP contribution is 2.44. The van der Waals surface area contributed by atoms with Crippen LogP contribution in [-0.2, 0) is 20.9 Å². The molecule has 9 nitrogen and oxygen atoms in total. The molecule has 9 heteroatoms. The molecule has 0 radical (unpaired) electrons. The van der Waals surface area contributed by atoms with Gasteiger partial charge in [-0.1, -0.05) is 54.6 Å². The van der Waals surface area contributed by atoms with Crippen LogP contribution < -0.4 is 10.6 Å². The van der Waals surface area contributed by atoms with Crippen molar-refractivity contribution in [2.24, 2.45) is 0 Å². The molecule has 2 aromatic carbocycles. The summed E-state index contributed by atoms with van der Waals surface area (Å²) in [7, 11) is 0. The summed E-state index contributed by atoms with van der Waals surface area (Å²) >= 11 is 0. The Labute approximate surface area is 196 Å². The molecule has 3 aromatic rings. The number of anilines is 1. The normalized spacial score (nSPS) is 12.8. The molecular formula is C25H24N4O5. The predicted molar refractivity (Wildman–Crippen MR) is 125 cm³/mol. The second-order valence-electron chi connectivity index (χ2n) is 7.86. The molecule has 1 aliphatic rings. The topological polar surface area (TPSA) is 123 Å². The van der Waals surface area contributed by atoms with Crippen LogP contribution in [0.3, 0.4) is 0 Å². The third kappa shape index (κ3) is 4.98. The van der Waals surface area contributed by atoms with E-state index in [-0.39, 0.29) is 25.5 Å². The van der Waals surface area contributed by atoms with Crippen molar-refractivity contribution in [1.82, 2.24) is 15.1 Å². The molecule has 34 heavy (non-hydrogen) atoms. The van der Waals surface area contributed by atoms with Gasteiger partial charge in [0.1, 0.15) is 19.2 Å². The second-order valence-corrected chi connectivity index (χ2v) is 7.86. The zero-order valence-electron chi connectivity index (χ0n) is 18.3. The fourth-order valence-electron chi connectivity index (χ4n) is 4.06. The number of carboxylic acid groups (broad SMARTS) is 1. The van der Waals surface area contributed by atoms with Gasteiger partial charge in [0, 0.05) is 12.1 Å². The van der Waals surface area contributed by atoms with Gasteiger partial charge in [-0.3, -0.25) is 14.3 Å². The number of aliphatic carboxylic acids is 1. The Morgan fingerprint density at radius 3 is 2.38 bits per heavy atom. The van der Waals surface area contributed by atoms with Crippen molar-refractivity contribution >= 4 is 23.7 Å². The molecule has 1 heterocycles. The maximum atomic E-state index is 12.7. The molecule has 0 fully saturated rings. The minimum absolute atomic E-state index is 0.0927. The number of ether oxygens (including phenoxy) is 1. The van der Waals surface area contributed by atoms with Gasteiger partial charge < -0.3 is 20.5 Å². The number of hydrogen-bond donors (Lipinski definition) is 3. The van der Waals surface area contributed by atoms with E-state index in [9.17, 15) is 14.4 Å². The van der Waals surface area contributed by atoms with Gasteiger partial charge in [0.05, 0.1) is 11.9 Å². The van der Waals surface area contributed by atoms with Crippen LogP contribution in [0, 0.1) is 0 Å². The first kappa shape index (κ1) is 22.8. The number of carbonyl (C=O) groups excluding carboxylic acids is 2. The number of rotatable bonds is 9. The summed E-state index contributed by atoms with van der Waals surface area (Å²) < 4.78 is 6.70. The van der Waals surface area contributed by atoms with Gasteiger partial charge in [0.15, 0.2) is 0 Å². The number of nitrogens with one attached hydrogen (secondary N) is 2. The Balaban J connectivity index is 1.38. The van der Waals surface area contributed by atoms with Crippen LogP contribution in [-0.4, -0.2) is 45.5 Å². The highest BCUT2D eigenvalue weighted by molar-refractivity contribution is 5.96. The monoisotopic (exact) mass is 460 g/mol. The lowest BCUT2D eigenvalue weighted by atomic mass is 9.98. The first-order valence-electron chi connectivity index (χ1n) is 10.7. The lowest BCUT2D eigenvalue weighted by Crippen LogP contribution is -2.44. The van der Waals surface area contributed by atoms with Gasteiger partial charge >= 0.3 is 12.1 Å². The number of amides is 2. The fourth-order valence-corrected chi connectivity index (χ4v) is 4.06. The van der Waals surface area contributed by atoms with E-state index in [0.717, 1.165) is 22.3 Å². The predicted octanol–water partition coefficient (Wildman–Crippen LogP) is 3.39. The molecule has 1 aromatic heterocycles. The molecular weight excluding hydrogens is 436 g/mol. The Morgan fingerprint density at radius 1 is 1.12 bits per heavy atom. The Kier molecular flexibility index (Phi) is 6.72. The fraction of sp³-hybridized carbons (Fsp3) is 0.200. The van der Waals surface area contributed by atoms with Gasteiger partial charge in [-0.05, 0) is 28.7 Å². The number of nitrogens with zero attached hydrogens (tertiary/aromatic N) is 2. The summed E-state index contributed by atoms with van der Waals surface area (Å²) in [6.45, 7) is 3.44. The van der Waals surface area contributed by atoms with Gasteiger partial charge in [0.2, 0.25) is 5.91 Å². The molecule has 0 spiro atoms. The summed E-state index contributed by atoms with van der Waals surface area (Å²) in [6.07, 6.45) is 3.70. The minimum Gasteiger partial charge on any atom is -0.480 e. The van der Waals surface area contributed by atoms with Crippen LogP contribution >= 0.6 is 0 Å². The molecule has 0 bridgehead atoms. The van der Waals surface area contributed by atoms with Crippen molar-refractivity contribution in [1.29, 1.82) is 0 Å². The average molecular weight is 460 g/mol. The zero-order valence-corrected chi connectivity index (χ0v) is 18.3. The van der Waals surface area contributed by atoms with E-state index < -0.39 is 24.0 Å². The lowest BCUT2D eigenvalue weighted by molar-refractivity contribution is -0.137. The quantitative estimate of drug-likeness (QED) is 0.421. The zero-order chi connectivity index (χ0) is 24.1. The maximum absolute atomic E-state index is 12.7. The molecule has 174 valence electrons. The van der Waals surface area contributed by atoms with Crippen LogP contribution in [0.2, 0.25) is 0 Å². The number of aromatic nitrogens is 2. The lowest BCUT2D eigenvalue weighted by Gasteiger charge is -2.18. The Morgan fingerprint density at radius 2 is 1.76 bits per heavy atom. The molecule has 1 atom stereocenters. The minimum atomic E-state index is -1.05. The molecule has 3 N–H and O–H groups in total. The molecule has 1 aliphatic carbocycles. The third-order valence-electron chi connectivity index (χ3n) is 5.55. The van der Waals surface area contributed by atoms with Crippen molar-refractivity contribution in [2.45, 2.75) is 24.9 Å². The van der Waals surface area contributed by atoms with Crippen LogP contribution in [0.4, 0.5) is 10.5 Å². The molecule has 4 rings (SSSR count). The summed E-state index contributed by atoms with van der Waals surface area (Å²) in [5.74, 6) is -1.64. The molecule has 2 amide bonds. The van der Waals surface area contributed by atoms with Crippen molar-refractivity contribution < 1.29 is 24.2 Å². The van der Waals surface area contributed by atoms with Crippen molar-refractivity contribution in [3.8, 4) is 11.1 Å². The average Bonchev–Trinajstić information content (AvgIpc) is 3.38. The second kappa shape index (κ2) is 10.0.